The molecule has 4 heterocycles. The predicted molar refractivity (Wildman–Crippen MR) is 116 cm³/mol. The minimum atomic E-state index is -0.140. The molecule has 3 saturated heterocycles. The minimum Gasteiger partial charge on any atom is -0.332 e. The maximum Gasteiger partial charge on any atom is 0.263 e. The summed E-state index contributed by atoms with van der Waals surface area (Å²) in [5.74, 6) is 1.09. The van der Waals surface area contributed by atoms with E-state index in [-0.39, 0.29) is 42.3 Å². The second kappa shape index (κ2) is 8.74. The molecule has 0 saturated carbocycles. The highest BCUT2D eigenvalue weighted by Crippen LogP contribution is 2.47. The highest BCUT2D eigenvalue weighted by molar-refractivity contribution is 5.96. The zero-order valence-electron chi connectivity index (χ0n) is 17.1. The Bertz CT molecular complexity index is 764. The molecule has 2 bridgehead atoms. The van der Waals surface area contributed by atoms with Crippen LogP contribution in [0.1, 0.15) is 41.7 Å². The van der Waals surface area contributed by atoms with Crippen LogP contribution in [0.15, 0.2) is 17.1 Å². The quantitative estimate of drug-likeness (QED) is 0.792. The van der Waals surface area contributed by atoms with E-state index in [9.17, 15) is 9.59 Å². The first-order chi connectivity index (χ1) is 12.4. The molecule has 1 N–H and O–H groups in total. The summed E-state index contributed by atoms with van der Waals surface area (Å²) in [6.45, 7) is 6.69. The molecule has 0 aromatic carbocycles. The van der Waals surface area contributed by atoms with Gasteiger partial charge in [-0.25, -0.2) is 0 Å². The van der Waals surface area contributed by atoms with Crippen molar-refractivity contribution in [3.05, 3.63) is 33.7 Å². The summed E-state index contributed by atoms with van der Waals surface area (Å²) in [4.78, 5) is 30.8. The molecule has 8 heteroatoms. The Hall–Kier alpha value is -1.08. The molecule has 1 aromatic heterocycles. The first-order valence-corrected chi connectivity index (χ1v) is 9.80. The van der Waals surface area contributed by atoms with Crippen molar-refractivity contribution < 1.29 is 4.79 Å². The predicted octanol–water partition coefficient (Wildman–Crippen LogP) is 1.95. The van der Waals surface area contributed by atoms with E-state index in [0.29, 0.717) is 29.5 Å². The van der Waals surface area contributed by atoms with Crippen molar-refractivity contribution in [2.24, 2.45) is 11.8 Å². The maximum absolute atomic E-state index is 13.5. The zero-order chi connectivity index (χ0) is 18.6. The highest BCUT2D eigenvalue weighted by atomic mass is 35.5. The van der Waals surface area contributed by atoms with Crippen LogP contribution in [0.2, 0.25) is 0 Å². The van der Waals surface area contributed by atoms with Gasteiger partial charge in [0.2, 0.25) is 0 Å². The van der Waals surface area contributed by atoms with E-state index < -0.39 is 0 Å². The number of hydrogen-bond acceptors (Lipinski definition) is 4. The van der Waals surface area contributed by atoms with E-state index in [1.807, 2.05) is 40.2 Å². The van der Waals surface area contributed by atoms with Gasteiger partial charge in [0.25, 0.3) is 11.5 Å². The van der Waals surface area contributed by atoms with Gasteiger partial charge in [0, 0.05) is 44.0 Å². The monoisotopic (exact) mass is 430 g/mol. The Morgan fingerprint density at radius 2 is 1.79 bits per heavy atom. The van der Waals surface area contributed by atoms with Gasteiger partial charge in [0.1, 0.15) is 5.56 Å². The number of fused-ring (bicyclic) bond motifs is 5. The first-order valence-electron chi connectivity index (χ1n) is 9.80. The van der Waals surface area contributed by atoms with Crippen LogP contribution in [-0.4, -0.2) is 66.1 Å². The van der Waals surface area contributed by atoms with Gasteiger partial charge in [-0.15, -0.1) is 24.8 Å². The normalized spacial score (nSPS) is 28.7. The second-order valence-corrected chi connectivity index (χ2v) is 8.61. The largest absolute Gasteiger partial charge is 0.332 e. The van der Waals surface area contributed by atoms with Crippen molar-refractivity contribution >= 4 is 30.7 Å². The molecule has 0 spiro atoms. The first kappa shape index (κ1) is 23.2. The fourth-order valence-corrected chi connectivity index (χ4v) is 5.56. The molecule has 5 atom stereocenters. The number of nitrogens with zero attached hydrogens (tertiary/aromatic N) is 3. The third-order valence-corrected chi connectivity index (χ3v) is 6.65. The van der Waals surface area contributed by atoms with Crippen LogP contribution < -0.4 is 10.9 Å². The van der Waals surface area contributed by atoms with Crippen LogP contribution in [0.5, 0.6) is 0 Å². The Balaban J connectivity index is 0.00000140. The van der Waals surface area contributed by atoms with E-state index in [1.54, 1.807) is 4.57 Å². The van der Waals surface area contributed by atoms with Crippen LogP contribution in [0.4, 0.5) is 0 Å². The number of rotatable bonds is 4. The molecule has 158 valence electrons. The Morgan fingerprint density at radius 3 is 2.32 bits per heavy atom. The summed E-state index contributed by atoms with van der Waals surface area (Å²) in [6, 6.07) is 2.56. The standard InChI is InChI=1S/C20H30N4O2.2ClH/c1-12-7-8-23(13(2)11-22(3)4)19(25)18(12)20(26)24-16-5-6-17(24)15-10-21-9-14(15)16;;/h7-8,13-17,21H,5-6,9-11H2,1-4H3;2*1H/t13?,14-,15+,16-,17+;;. The SMILES string of the molecule is Cc1ccn(C(C)CN(C)C)c(=O)c1C(=O)N1[C@@H]2CC[C@H]1[C@H]1CNC[C@H]12.Cl.Cl. The van der Waals surface area contributed by atoms with Gasteiger partial charge in [0.05, 0.1) is 0 Å². The number of nitrogens with one attached hydrogen (secondary N) is 1. The number of amides is 1. The lowest BCUT2D eigenvalue weighted by Gasteiger charge is -2.26. The van der Waals surface area contributed by atoms with Gasteiger partial charge in [0.15, 0.2) is 0 Å². The number of likely N-dealkylation sites (N-methyl/N-ethyl adjacent to an activating group) is 1. The number of carbonyl (C=O) groups excluding carboxylic acids is 1. The molecule has 3 aliphatic rings. The van der Waals surface area contributed by atoms with Crippen molar-refractivity contribution in [1.29, 1.82) is 0 Å². The molecule has 1 unspecified atom stereocenters. The molecular weight excluding hydrogens is 399 g/mol. The van der Waals surface area contributed by atoms with Crippen molar-refractivity contribution in [3.63, 3.8) is 0 Å². The van der Waals surface area contributed by atoms with E-state index in [0.717, 1.165) is 38.0 Å². The molecule has 6 nitrogen and oxygen atoms in total. The number of aromatic nitrogens is 1. The van der Waals surface area contributed by atoms with Crippen molar-refractivity contribution in [1.82, 2.24) is 19.7 Å². The van der Waals surface area contributed by atoms with Crippen molar-refractivity contribution in [2.75, 3.05) is 33.7 Å². The van der Waals surface area contributed by atoms with Gasteiger partial charge >= 0.3 is 0 Å². The Morgan fingerprint density at radius 1 is 1.21 bits per heavy atom. The topological polar surface area (TPSA) is 57.6 Å². The zero-order valence-corrected chi connectivity index (χ0v) is 18.7. The van der Waals surface area contributed by atoms with Crippen LogP contribution in [0.3, 0.4) is 0 Å². The molecule has 1 amide bonds. The molecule has 0 aliphatic carbocycles. The number of halogens is 2. The van der Waals surface area contributed by atoms with Crippen molar-refractivity contribution in [3.8, 4) is 0 Å². The average Bonchev–Trinajstić information content (AvgIpc) is 3.26. The molecule has 4 rings (SSSR count). The summed E-state index contributed by atoms with van der Waals surface area (Å²) < 4.78 is 1.72. The summed E-state index contributed by atoms with van der Waals surface area (Å²) in [5, 5.41) is 3.48. The van der Waals surface area contributed by atoms with Gasteiger partial charge in [-0.05, 0) is 64.3 Å². The van der Waals surface area contributed by atoms with Gasteiger partial charge in [-0.2, -0.15) is 0 Å². The summed E-state index contributed by atoms with van der Waals surface area (Å²) in [7, 11) is 3.99. The number of aryl methyl sites for hydroxylation is 1. The van der Waals surface area contributed by atoms with Crippen LogP contribution >= 0.6 is 24.8 Å². The lowest BCUT2D eigenvalue weighted by molar-refractivity contribution is 0.0706. The third-order valence-electron chi connectivity index (χ3n) is 6.65. The highest BCUT2D eigenvalue weighted by Gasteiger charge is 2.56. The maximum atomic E-state index is 13.5. The summed E-state index contributed by atoms with van der Waals surface area (Å²) in [6.07, 6.45) is 3.99. The van der Waals surface area contributed by atoms with Crippen molar-refractivity contribution in [2.45, 2.75) is 44.8 Å². The smallest absolute Gasteiger partial charge is 0.263 e. The number of hydrogen-bond donors (Lipinski definition) is 1. The third kappa shape index (κ3) is 3.60. The molecule has 3 aliphatic heterocycles. The van der Waals surface area contributed by atoms with Crippen LogP contribution in [0.25, 0.3) is 0 Å². The minimum absolute atomic E-state index is 0. The lowest BCUT2D eigenvalue weighted by Crippen LogP contribution is -2.43. The molecule has 0 radical (unpaired) electrons. The molecular formula is C20H32Cl2N4O2. The van der Waals surface area contributed by atoms with E-state index in [4.69, 9.17) is 0 Å². The fraction of sp³-hybridized carbons (Fsp3) is 0.700. The Kier molecular flexibility index (Phi) is 7.24. The summed E-state index contributed by atoms with van der Waals surface area (Å²) in [5.41, 5.74) is 1.03. The van der Waals surface area contributed by atoms with Crippen LogP contribution in [0, 0.1) is 18.8 Å². The number of carbonyl (C=O) groups is 1. The van der Waals surface area contributed by atoms with Crippen LogP contribution in [-0.2, 0) is 0 Å². The lowest BCUT2D eigenvalue weighted by atomic mass is 9.82. The number of pyridine rings is 1. The van der Waals surface area contributed by atoms with Gasteiger partial charge in [-0.1, -0.05) is 0 Å². The van der Waals surface area contributed by atoms with Gasteiger partial charge < -0.3 is 19.7 Å². The average molecular weight is 431 g/mol. The van der Waals surface area contributed by atoms with E-state index in [2.05, 4.69) is 15.1 Å². The van der Waals surface area contributed by atoms with E-state index >= 15 is 0 Å². The van der Waals surface area contributed by atoms with Gasteiger partial charge in [-0.3, -0.25) is 9.59 Å². The molecule has 3 fully saturated rings. The second-order valence-electron chi connectivity index (χ2n) is 8.61. The van der Waals surface area contributed by atoms with E-state index in [1.165, 1.54) is 0 Å². The molecule has 28 heavy (non-hydrogen) atoms. The fourth-order valence-electron chi connectivity index (χ4n) is 5.56. The molecule has 1 aromatic rings. The summed E-state index contributed by atoms with van der Waals surface area (Å²) >= 11 is 0. The Labute approximate surface area is 179 Å².